The molecule has 1 aliphatic rings. The maximum Gasteiger partial charge on any atom is 0.272 e. The van der Waals surface area contributed by atoms with Crippen molar-refractivity contribution in [2.45, 2.75) is 19.9 Å². The molecule has 1 atom stereocenters. The van der Waals surface area contributed by atoms with Crippen molar-refractivity contribution in [1.82, 2.24) is 20.1 Å². The first kappa shape index (κ1) is 13.5. The van der Waals surface area contributed by atoms with Crippen LogP contribution in [0.1, 0.15) is 24.3 Å². The average molecular weight is 282 g/mol. The lowest BCUT2D eigenvalue weighted by Crippen LogP contribution is -2.39. The second-order valence-electron chi connectivity index (χ2n) is 5.52. The molecule has 0 bridgehead atoms. The Morgan fingerprint density at radius 2 is 2.14 bits per heavy atom. The zero-order valence-electron chi connectivity index (χ0n) is 12.2. The Labute approximate surface area is 123 Å². The molecule has 2 aromatic heterocycles. The highest BCUT2D eigenvalue weighted by molar-refractivity contribution is 5.94. The normalized spacial score (nSPS) is 17.7. The van der Waals surface area contributed by atoms with Gasteiger partial charge in [-0.3, -0.25) is 14.9 Å². The molecular formula is C16H18N4O. The molecule has 21 heavy (non-hydrogen) atoms. The molecule has 0 spiro atoms. The third-order valence-electron chi connectivity index (χ3n) is 3.72. The van der Waals surface area contributed by atoms with E-state index in [0.717, 1.165) is 11.3 Å². The fourth-order valence-corrected chi connectivity index (χ4v) is 2.60. The number of amides is 1. The van der Waals surface area contributed by atoms with Gasteiger partial charge in [0.1, 0.15) is 5.69 Å². The van der Waals surface area contributed by atoms with Crippen LogP contribution in [0.5, 0.6) is 0 Å². The molecule has 5 nitrogen and oxygen atoms in total. The summed E-state index contributed by atoms with van der Waals surface area (Å²) < 4.78 is 0. The van der Waals surface area contributed by atoms with Crippen LogP contribution >= 0.6 is 0 Å². The fourth-order valence-electron chi connectivity index (χ4n) is 2.60. The minimum atomic E-state index is -0.00786. The van der Waals surface area contributed by atoms with Gasteiger partial charge in [0.2, 0.25) is 0 Å². The lowest BCUT2D eigenvalue weighted by molar-refractivity contribution is 0.0714. The Balaban J connectivity index is 1.82. The monoisotopic (exact) mass is 282 g/mol. The van der Waals surface area contributed by atoms with Crippen LogP contribution < -0.4 is 0 Å². The van der Waals surface area contributed by atoms with Gasteiger partial charge in [-0.15, -0.1) is 0 Å². The zero-order chi connectivity index (χ0) is 14.8. The van der Waals surface area contributed by atoms with E-state index in [9.17, 15) is 4.79 Å². The molecule has 0 aromatic carbocycles. The minimum Gasteiger partial charge on any atom is -0.327 e. The summed E-state index contributed by atoms with van der Waals surface area (Å²) in [5.74, 6) is 0.391. The second-order valence-corrected chi connectivity index (χ2v) is 5.52. The van der Waals surface area contributed by atoms with Gasteiger partial charge in [-0.25, -0.2) is 0 Å². The van der Waals surface area contributed by atoms with Gasteiger partial charge >= 0.3 is 0 Å². The number of hydrogen-bond acceptors (Lipinski definition) is 3. The Hall–Kier alpha value is -2.43. The number of H-pyrrole nitrogens is 1. The summed E-state index contributed by atoms with van der Waals surface area (Å²) >= 11 is 0. The van der Waals surface area contributed by atoms with Crippen LogP contribution in [0.15, 0.2) is 42.7 Å². The van der Waals surface area contributed by atoms with Crippen LogP contribution in [0, 0.1) is 5.92 Å². The van der Waals surface area contributed by atoms with Gasteiger partial charge in [-0.1, -0.05) is 26.0 Å². The molecular weight excluding hydrogens is 264 g/mol. The number of hydrogen-bond donors (Lipinski definition) is 1. The van der Waals surface area contributed by atoms with Crippen molar-refractivity contribution < 1.29 is 4.79 Å². The van der Waals surface area contributed by atoms with Gasteiger partial charge in [-0.05, 0) is 24.1 Å². The van der Waals surface area contributed by atoms with Crippen LogP contribution in [0.25, 0.3) is 11.3 Å². The van der Waals surface area contributed by atoms with Crippen molar-refractivity contribution in [3.05, 3.63) is 48.4 Å². The lowest BCUT2D eigenvalue weighted by Gasteiger charge is -2.26. The predicted octanol–water partition coefficient (Wildman–Crippen LogP) is 2.51. The average Bonchev–Trinajstić information content (AvgIpc) is 3.17. The van der Waals surface area contributed by atoms with E-state index < -0.39 is 0 Å². The molecule has 0 radical (unpaired) electrons. The first-order chi connectivity index (χ1) is 10.2. The molecule has 2 aromatic rings. The first-order valence-corrected chi connectivity index (χ1v) is 7.10. The molecule has 0 saturated carbocycles. The smallest absolute Gasteiger partial charge is 0.272 e. The van der Waals surface area contributed by atoms with E-state index in [2.05, 4.69) is 35.1 Å². The quantitative estimate of drug-likeness (QED) is 0.880. The van der Waals surface area contributed by atoms with E-state index >= 15 is 0 Å². The molecule has 1 amide bonds. The number of carbonyl (C=O) groups excluding carboxylic acids is 1. The number of nitrogens with one attached hydrogen (secondary N) is 1. The largest absolute Gasteiger partial charge is 0.327 e. The topological polar surface area (TPSA) is 61.9 Å². The van der Waals surface area contributed by atoms with Gasteiger partial charge < -0.3 is 4.90 Å². The van der Waals surface area contributed by atoms with Gasteiger partial charge in [0, 0.05) is 24.5 Å². The van der Waals surface area contributed by atoms with Crippen LogP contribution in [0.2, 0.25) is 0 Å². The molecule has 1 N–H and O–H groups in total. The van der Waals surface area contributed by atoms with Crippen molar-refractivity contribution in [2.24, 2.45) is 5.92 Å². The van der Waals surface area contributed by atoms with E-state index in [1.165, 1.54) is 0 Å². The molecule has 1 unspecified atom stereocenters. The molecule has 5 heteroatoms. The Bertz CT molecular complexity index is 660. The van der Waals surface area contributed by atoms with E-state index in [1.54, 1.807) is 18.5 Å². The molecule has 108 valence electrons. The van der Waals surface area contributed by atoms with Gasteiger partial charge in [-0.2, -0.15) is 5.10 Å². The van der Waals surface area contributed by atoms with Crippen molar-refractivity contribution >= 4 is 5.91 Å². The van der Waals surface area contributed by atoms with Crippen LogP contribution in [0.4, 0.5) is 0 Å². The highest BCUT2D eigenvalue weighted by Gasteiger charge is 2.28. The highest BCUT2D eigenvalue weighted by atomic mass is 16.2. The van der Waals surface area contributed by atoms with Crippen LogP contribution in [-0.4, -0.2) is 38.6 Å². The Morgan fingerprint density at radius 1 is 1.38 bits per heavy atom. The summed E-state index contributed by atoms with van der Waals surface area (Å²) in [6.45, 7) is 4.90. The van der Waals surface area contributed by atoms with E-state index in [0.29, 0.717) is 18.2 Å². The molecule has 3 rings (SSSR count). The number of aromatic nitrogens is 3. The summed E-state index contributed by atoms with van der Waals surface area (Å²) in [6.07, 6.45) is 7.57. The molecule has 3 heterocycles. The molecule has 0 aliphatic carbocycles. The number of aromatic amines is 1. The summed E-state index contributed by atoms with van der Waals surface area (Å²) in [4.78, 5) is 18.5. The fraction of sp³-hybridized carbons (Fsp3) is 0.312. The number of rotatable bonds is 3. The van der Waals surface area contributed by atoms with Gasteiger partial charge in [0.25, 0.3) is 5.91 Å². The summed E-state index contributed by atoms with van der Waals surface area (Å²) in [5.41, 5.74) is 2.23. The maximum absolute atomic E-state index is 12.6. The van der Waals surface area contributed by atoms with Crippen LogP contribution in [-0.2, 0) is 0 Å². The molecule has 0 fully saturated rings. The van der Waals surface area contributed by atoms with Crippen molar-refractivity contribution in [2.75, 3.05) is 6.54 Å². The molecule has 1 aliphatic heterocycles. The third kappa shape index (κ3) is 2.59. The number of nitrogens with zero attached hydrogens (tertiary/aromatic N) is 3. The summed E-state index contributed by atoms with van der Waals surface area (Å²) in [5, 5.41) is 7.08. The minimum absolute atomic E-state index is 0.00786. The second kappa shape index (κ2) is 5.52. The van der Waals surface area contributed by atoms with E-state index in [1.807, 2.05) is 23.1 Å². The standard InChI is InChI=1S/C16H18N4O/c1-11(2)15-4-3-9-20(15)16(21)14-10-13(18-19-14)12-5-7-17-8-6-12/h3-8,10-11,15H,9H2,1-2H3,(H,18,19). The SMILES string of the molecule is CC(C)C1C=CCN1C(=O)c1cc(-c2ccncc2)n[nH]1. The van der Waals surface area contributed by atoms with Crippen molar-refractivity contribution in [3.63, 3.8) is 0 Å². The van der Waals surface area contributed by atoms with Crippen LogP contribution in [0.3, 0.4) is 0 Å². The zero-order valence-corrected chi connectivity index (χ0v) is 12.2. The molecule has 0 saturated heterocycles. The Kier molecular flexibility index (Phi) is 3.56. The lowest BCUT2D eigenvalue weighted by atomic mass is 10.0. The van der Waals surface area contributed by atoms with Crippen molar-refractivity contribution in [3.8, 4) is 11.3 Å². The highest BCUT2D eigenvalue weighted by Crippen LogP contribution is 2.22. The van der Waals surface area contributed by atoms with Gasteiger partial charge in [0.15, 0.2) is 0 Å². The maximum atomic E-state index is 12.6. The Morgan fingerprint density at radius 3 is 2.86 bits per heavy atom. The van der Waals surface area contributed by atoms with Gasteiger partial charge in [0.05, 0.1) is 11.7 Å². The first-order valence-electron chi connectivity index (χ1n) is 7.10. The third-order valence-corrected chi connectivity index (χ3v) is 3.72. The van der Waals surface area contributed by atoms with E-state index in [4.69, 9.17) is 0 Å². The number of pyridine rings is 1. The van der Waals surface area contributed by atoms with Crippen molar-refractivity contribution in [1.29, 1.82) is 0 Å². The summed E-state index contributed by atoms with van der Waals surface area (Å²) in [6, 6.07) is 5.70. The predicted molar refractivity (Wildman–Crippen MR) is 80.6 cm³/mol. The number of carbonyl (C=O) groups is 1. The van der Waals surface area contributed by atoms with E-state index in [-0.39, 0.29) is 11.9 Å². The summed E-state index contributed by atoms with van der Waals surface area (Å²) in [7, 11) is 0.